The molecule has 1 fully saturated rings. The molecule has 0 amide bonds. The van der Waals surface area contributed by atoms with Crippen LogP contribution in [0.5, 0.6) is 11.5 Å². The lowest BCUT2D eigenvalue weighted by atomic mass is 10.1. The van der Waals surface area contributed by atoms with E-state index in [1.54, 1.807) is 12.1 Å². The van der Waals surface area contributed by atoms with Gasteiger partial charge in [-0.3, -0.25) is 0 Å². The highest BCUT2D eigenvalue weighted by molar-refractivity contribution is 5.85. The second-order valence-corrected chi connectivity index (χ2v) is 3.86. The van der Waals surface area contributed by atoms with Crippen LogP contribution in [-0.4, -0.2) is 26.3 Å². The lowest BCUT2D eigenvalue weighted by molar-refractivity contribution is 0.161. The summed E-state index contributed by atoms with van der Waals surface area (Å²) in [6, 6.07) is 4.70. The normalized spacial score (nSPS) is 16.1. The minimum atomic E-state index is -0.381. The van der Waals surface area contributed by atoms with Gasteiger partial charge in [0.2, 0.25) is 0 Å². The number of methoxy groups -OCH3 is 1. The summed E-state index contributed by atoms with van der Waals surface area (Å²) in [5, 5.41) is 3.26. The molecule has 1 aliphatic rings. The van der Waals surface area contributed by atoms with Crippen LogP contribution in [0.4, 0.5) is 4.39 Å². The third-order valence-electron chi connectivity index (χ3n) is 2.71. The highest BCUT2D eigenvalue weighted by Crippen LogP contribution is 2.24. The Morgan fingerprint density at radius 2 is 2.00 bits per heavy atom. The van der Waals surface area contributed by atoms with Gasteiger partial charge in [0.25, 0.3) is 0 Å². The van der Waals surface area contributed by atoms with Crippen LogP contribution >= 0.6 is 12.4 Å². The first kappa shape index (κ1) is 14.1. The van der Waals surface area contributed by atoms with E-state index in [-0.39, 0.29) is 30.1 Å². The smallest absolute Gasteiger partial charge is 0.168 e. The van der Waals surface area contributed by atoms with Crippen LogP contribution < -0.4 is 14.8 Å². The zero-order chi connectivity index (χ0) is 11.4. The van der Waals surface area contributed by atoms with Gasteiger partial charge in [-0.05, 0) is 38.1 Å². The Bertz CT molecular complexity index is 356. The van der Waals surface area contributed by atoms with Gasteiger partial charge in [-0.1, -0.05) is 0 Å². The molecular weight excluding hydrogens is 245 g/mol. The molecule has 1 N–H and O–H groups in total. The fraction of sp³-hybridized carbons (Fsp3) is 0.500. The number of hydrogen-bond acceptors (Lipinski definition) is 3. The zero-order valence-corrected chi connectivity index (χ0v) is 10.6. The Hall–Kier alpha value is -1.00. The number of halogens is 2. The van der Waals surface area contributed by atoms with E-state index in [4.69, 9.17) is 9.47 Å². The van der Waals surface area contributed by atoms with Crippen LogP contribution in [0.1, 0.15) is 12.8 Å². The molecule has 0 bridgehead atoms. The van der Waals surface area contributed by atoms with E-state index in [2.05, 4.69) is 5.32 Å². The second kappa shape index (κ2) is 6.67. The van der Waals surface area contributed by atoms with Crippen molar-refractivity contribution < 1.29 is 13.9 Å². The molecule has 0 spiro atoms. The molecule has 17 heavy (non-hydrogen) atoms. The van der Waals surface area contributed by atoms with Crippen molar-refractivity contribution in [3.8, 4) is 11.5 Å². The third kappa shape index (κ3) is 3.75. The molecule has 1 aromatic carbocycles. The summed E-state index contributed by atoms with van der Waals surface area (Å²) in [4.78, 5) is 0. The molecule has 96 valence electrons. The van der Waals surface area contributed by atoms with Gasteiger partial charge in [0.15, 0.2) is 11.6 Å². The predicted molar refractivity (Wildman–Crippen MR) is 66.7 cm³/mol. The zero-order valence-electron chi connectivity index (χ0n) is 9.74. The molecule has 0 radical (unpaired) electrons. The van der Waals surface area contributed by atoms with E-state index in [0.29, 0.717) is 5.75 Å². The summed E-state index contributed by atoms with van der Waals surface area (Å²) in [6.45, 7) is 1.92. The van der Waals surface area contributed by atoms with E-state index in [0.717, 1.165) is 25.9 Å². The maximum absolute atomic E-state index is 13.4. The van der Waals surface area contributed by atoms with E-state index < -0.39 is 0 Å². The predicted octanol–water partition coefficient (Wildman–Crippen LogP) is 2.39. The van der Waals surface area contributed by atoms with Gasteiger partial charge in [0, 0.05) is 6.07 Å². The SMILES string of the molecule is COc1ccc(OC2CCNCC2)cc1F.Cl. The number of hydrogen-bond donors (Lipinski definition) is 1. The lowest BCUT2D eigenvalue weighted by Crippen LogP contribution is -2.34. The van der Waals surface area contributed by atoms with Crippen LogP contribution in [0.2, 0.25) is 0 Å². The molecule has 1 aliphatic heterocycles. The molecule has 0 aliphatic carbocycles. The topological polar surface area (TPSA) is 30.5 Å². The first-order valence-electron chi connectivity index (χ1n) is 5.50. The molecule has 2 rings (SSSR count). The van der Waals surface area contributed by atoms with Crippen molar-refractivity contribution >= 4 is 12.4 Å². The van der Waals surface area contributed by atoms with Crippen LogP contribution in [-0.2, 0) is 0 Å². The summed E-state index contributed by atoms with van der Waals surface area (Å²) >= 11 is 0. The van der Waals surface area contributed by atoms with E-state index >= 15 is 0 Å². The quantitative estimate of drug-likeness (QED) is 0.906. The maximum atomic E-state index is 13.4. The lowest BCUT2D eigenvalue weighted by Gasteiger charge is -2.23. The largest absolute Gasteiger partial charge is 0.494 e. The average Bonchev–Trinajstić information content (AvgIpc) is 2.31. The monoisotopic (exact) mass is 261 g/mol. The highest BCUT2D eigenvalue weighted by Gasteiger charge is 2.15. The third-order valence-corrected chi connectivity index (χ3v) is 2.71. The molecule has 1 heterocycles. The number of rotatable bonds is 3. The molecular formula is C12H17ClFNO2. The van der Waals surface area contributed by atoms with Crippen LogP contribution in [0.25, 0.3) is 0 Å². The molecule has 3 nitrogen and oxygen atoms in total. The van der Waals surface area contributed by atoms with Crippen molar-refractivity contribution in [1.82, 2.24) is 5.32 Å². The molecule has 1 saturated heterocycles. The van der Waals surface area contributed by atoms with Gasteiger partial charge in [-0.15, -0.1) is 12.4 Å². The molecule has 0 aromatic heterocycles. The first-order chi connectivity index (χ1) is 7.79. The number of nitrogens with one attached hydrogen (secondary N) is 1. The van der Waals surface area contributed by atoms with Gasteiger partial charge < -0.3 is 14.8 Å². The fourth-order valence-electron chi connectivity index (χ4n) is 1.83. The van der Waals surface area contributed by atoms with Crippen molar-refractivity contribution in [3.05, 3.63) is 24.0 Å². The molecule has 0 unspecified atom stereocenters. The van der Waals surface area contributed by atoms with E-state index in [9.17, 15) is 4.39 Å². The van der Waals surface area contributed by atoms with E-state index in [1.165, 1.54) is 13.2 Å². The fourth-order valence-corrected chi connectivity index (χ4v) is 1.83. The highest BCUT2D eigenvalue weighted by atomic mass is 35.5. The number of piperidine rings is 1. The molecule has 0 saturated carbocycles. The van der Waals surface area contributed by atoms with Gasteiger partial charge >= 0.3 is 0 Å². The number of ether oxygens (including phenoxy) is 2. The Balaban J connectivity index is 0.00000144. The molecule has 1 aromatic rings. The molecule has 5 heteroatoms. The van der Waals surface area contributed by atoms with Gasteiger partial charge in [0.05, 0.1) is 7.11 Å². The Labute approximate surface area is 107 Å². The summed E-state index contributed by atoms with van der Waals surface area (Å²) < 4.78 is 23.9. The van der Waals surface area contributed by atoms with Crippen molar-refractivity contribution in [3.63, 3.8) is 0 Å². The van der Waals surface area contributed by atoms with Gasteiger partial charge in [-0.2, -0.15) is 0 Å². The van der Waals surface area contributed by atoms with Gasteiger partial charge in [-0.25, -0.2) is 4.39 Å². The van der Waals surface area contributed by atoms with Gasteiger partial charge in [0.1, 0.15) is 11.9 Å². The van der Waals surface area contributed by atoms with Crippen LogP contribution in [0.3, 0.4) is 0 Å². The van der Waals surface area contributed by atoms with Crippen molar-refractivity contribution in [2.75, 3.05) is 20.2 Å². The summed E-state index contributed by atoms with van der Waals surface area (Å²) in [5.74, 6) is 0.441. The summed E-state index contributed by atoms with van der Waals surface area (Å²) in [5.41, 5.74) is 0. The minimum Gasteiger partial charge on any atom is -0.494 e. The minimum absolute atomic E-state index is 0. The standard InChI is InChI=1S/C12H16FNO2.ClH/c1-15-12-3-2-10(8-11(12)13)16-9-4-6-14-7-5-9;/h2-3,8-9,14H,4-7H2,1H3;1H. The van der Waals surface area contributed by atoms with Crippen molar-refractivity contribution in [1.29, 1.82) is 0 Å². The Morgan fingerprint density at radius 1 is 1.29 bits per heavy atom. The second-order valence-electron chi connectivity index (χ2n) is 3.86. The number of benzene rings is 1. The van der Waals surface area contributed by atoms with Crippen LogP contribution in [0, 0.1) is 5.82 Å². The Kier molecular flexibility index (Phi) is 5.51. The van der Waals surface area contributed by atoms with Crippen molar-refractivity contribution in [2.24, 2.45) is 0 Å². The maximum Gasteiger partial charge on any atom is 0.168 e. The van der Waals surface area contributed by atoms with Crippen LogP contribution in [0.15, 0.2) is 18.2 Å². The average molecular weight is 262 g/mol. The summed E-state index contributed by atoms with van der Waals surface area (Å²) in [7, 11) is 1.45. The van der Waals surface area contributed by atoms with E-state index in [1.807, 2.05) is 0 Å². The summed E-state index contributed by atoms with van der Waals surface area (Å²) in [6.07, 6.45) is 2.12. The van der Waals surface area contributed by atoms with Crippen molar-refractivity contribution in [2.45, 2.75) is 18.9 Å². The molecule has 0 atom stereocenters. The Morgan fingerprint density at radius 3 is 2.59 bits per heavy atom. The first-order valence-corrected chi connectivity index (χ1v) is 5.50.